The molecule has 470 valence electrons. The SMILES string of the molecule is CC(C)(C)OC(=O)NC[C@@H](Cn1cc(-c2ccc3c(c2)CC[C@H]([C@](C)(O/N=C(\C(=O)N[C@@H]2C(=O)N(OS(=O)(=O)[O-])C2(C)C)c2csc(NC(=O)OC(C)(C)C)n2)C(=O)OC(C)(C)C)O3)c[n+]1CC1CN(C(=O)OC(C)(C)C)C1)OC(=O)C(F)(F)F. The number of likely N-dealkylation sites (tertiary alicyclic amines) is 1. The van der Waals surface area contributed by atoms with Crippen LogP contribution < -0.4 is 25.4 Å². The van der Waals surface area contributed by atoms with Gasteiger partial charge in [-0.05, 0) is 140 Å². The lowest BCUT2D eigenvalue weighted by molar-refractivity contribution is -0.782. The Labute approximate surface area is 493 Å². The predicted molar refractivity (Wildman–Crippen MR) is 292 cm³/mol. The van der Waals surface area contributed by atoms with Crippen LogP contribution in [0.3, 0.4) is 0 Å². The summed E-state index contributed by atoms with van der Waals surface area (Å²) in [6.45, 7) is 23.4. The summed E-state index contributed by atoms with van der Waals surface area (Å²) < 4.78 is 116. The number of ether oxygens (including phenoxy) is 6. The van der Waals surface area contributed by atoms with Crippen molar-refractivity contribution in [3.05, 3.63) is 47.2 Å². The van der Waals surface area contributed by atoms with Gasteiger partial charge in [0.05, 0.1) is 29.8 Å². The lowest BCUT2D eigenvalue weighted by Crippen LogP contribution is -2.76. The number of alkyl halides is 3. The van der Waals surface area contributed by atoms with Crippen LogP contribution >= 0.6 is 11.3 Å². The fraction of sp³-hybridized carbons (Fsp3) is 0.623. The number of aryl methyl sites for hydroxylation is 1. The van der Waals surface area contributed by atoms with E-state index in [1.165, 1.54) is 35.7 Å². The average molecular weight is 1240 g/mol. The molecule has 0 spiro atoms. The molecule has 4 atom stereocenters. The van der Waals surface area contributed by atoms with Gasteiger partial charge in [0.15, 0.2) is 23.5 Å². The molecule has 5 heterocycles. The van der Waals surface area contributed by atoms with Gasteiger partial charge in [0.2, 0.25) is 16.6 Å². The number of carbonyl (C=O) groups excluding carboxylic acids is 7. The molecule has 3 aliphatic heterocycles. The van der Waals surface area contributed by atoms with Crippen LogP contribution in [0.15, 0.2) is 41.1 Å². The fourth-order valence-electron chi connectivity index (χ4n) is 8.63. The Morgan fingerprint density at radius 3 is 2.07 bits per heavy atom. The third kappa shape index (κ3) is 18.1. The molecule has 2 fully saturated rings. The number of nitrogens with zero attached hydrogens (tertiary/aromatic N) is 6. The molecule has 0 saturated carbocycles. The number of β-lactam (4-membered cyclic amide) rings is 1. The van der Waals surface area contributed by atoms with Crippen molar-refractivity contribution in [2.24, 2.45) is 11.1 Å². The zero-order valence-electron chi connectivity index (χ0n) is 49.7. The standard InChI is InChI=1S/C53H72F3N9O18S2/c1-47(2,3)78-41(68)52(15,82-61-37(34-28-84-43(58-34)60-45(71)80-49(7,8)9)39(66)59-38-40(67)65(51(38,13)14)83-85(73,74)75)36-19-17-31-20-30(16-18-35(31)77-36)32-25-63(24-29-22-62(23-29)46(72)81-50(10,11)12)64(26-32)27-33(76-42(69)53(54,55)56)21-57-44(70)79-48(4,5)6/h16,18,20,25-26,28-29,33,36,38H,17,19,21-24,27H2,1-15H3,(H3-,57,58,59,60,66,70,71,73,74,75)/b61-37-/t33-,36+,38+,52-/m0/s1. The van der Waals surface area contributed by atoms with Crippen LogP contribution in [0, 0.1) is 5.92 Å². The Hall–Kier alpha value is -7.32. The van der Waals surface area contributed by atoms with E-state index in [9.17, 15) is 59.7 Å². The second-order valence-corrected chi connectivity index (χ2v) is 26.9. The van der Waals surface area contributed by atoms with Gasteiger partial charge in [0, 0.05) is 18.5 Å². The van der Waals surface area contributed by atoms with Gasteiger partial charge in [0.25, 0.3) is 17.4 Å². The number of fused-ring (bicyclic) bond motifs is 1. The van der Waals surface area contributed by atoms with Crippen molar-refractivity contribution >= 4 is 74.6 Å². The van der Waals surface area contributed by atoms with E-state index in [1.807, 2.05) is 0 Å². The summed E-state index contributed by atoms with van der Waals surface area (Å²) in [5, 5.41) is 12.9. The van der Waals surface area contributed by atoms with Crippen molar-refractivity contribution in [1.29, 1.82) is 0 Å². The largest absolute Gasteiger partial charge is 0.724 e. The van der Waals surface area contributed by atoms with Gasteiger partial charge < -0.3 is 53.3 Å². The number of amides is 5. The van der Waals surface area contributed by atoms with E-state index in [4.69, 9.17) is 33.3 Å². The molecular weight excluding hydrogens is 1170 g/mol. The van der Waals surface area contributed by atoms with Crippen molar-refractivity contribution in [2.75, 3.05) is 25.0 Å². The summed E-state index contributed by atoms with van der Waals surface area (Å²) in [6.07, 6.45) is -6.94. The molecule has 3 aliphatic rings. The van der Waals surface area contributed by atoms with Crippen LogP contribution in [-0.4, -0.2) is 158 Å². The molecule has 0 bridgehead atoms. The van der Waals surface area contributed by atoms with E-state index in [-0.39, 0.29) is 60.0 Å². The molecule has 1 aromatic carbocycles. The summed E-state index contributed by atoms with van der Waals surface area (Å²) >= 11 is 0.837. The van der Waals surface area contributed by atoms with E-state index >= 15 is 0 Å². The van der Waals surface area contributed by atoms with Crippen LogP contribution in [0.1, 0.15) is 122 Å². The number of anilines is 1. The first-order valence-electron chi connectivity index (χ1n) is 26.7. The maximum Gasteiger partial charge on any atom is 0.490 e. The number of alkyl carbamates (subject to hydrolysis) is 1. The minimum atomic E-state index is -5.41. The monoisotopic (exact) mass is 1240 g/mol. The number of nitrogens with one attached hydrogen (secondary N) is 3. The maximum absolute atomic E-state index is 14.4. The zero-order chi connectivity index (χ0) is 63.8. The number of oxime groups is 1. The van der Waals surface area contributed by atoms with Crippen LogP contribution in [0.2, 0.25) is 0 Å². The van der Waals surface area contributed by atoms with E-state index in [1.54, 1.807) is 118 Å². The molecule has 2 saturated heterocycles. The van der Waals surface area contributed by atoms with Crippen molar-refractivity contribution in [3.63, 3.8) is 0 Å². The minimum absolute atomic E-state index is 0.0425. The van der Waals surface area contributed by atoms with Crippen LogP contribution in [0.4, 0.5) is 32.7 Å². The maximum atomic E-state index is 14.4. The number of esters is 2. The molecule has 5 amide bonds. The second-order valence-electron chi connectivity index (χ2n) is 25.1. The van der Waals surface area contributed by atoms with Gasteiger partial charge in [0.1, 0.15) is 52.5 Å². The third-order valence-electron chi connectivity index (χ3n) is 12.5. The number of thiazole rings is 1. The predicted octanol–water partition coefficient (Wildman–Crippen LogP) is 5.82. The number of halogens is 3. The number of carbonyl (C=O) groups is 7. The highest BCUT2D eigenvalue weighted by Crippen LogP contribution is 2.38. The zero-order valence-corrected chi connectivity index (χ0v) is 51.3. The second kappa shape index (κ2) is 24.6. The number of benzene rings is 1. The van der Waals surface area contributed by atoms with E-state index in [0.29, 0.717) is 16.7 Å². The first-order valence-corrected chi connectivity index (χ1v) is 28.9. The molecule has 0 aliphatic carbocycles. The van der Waals surface area contributed by atoms with Crippen LogP contribution in [0.5, 0.6) is 5.75 Å². The van der Waals surface area contributed by atoms with Gasteiger partial charge >= 0.3 is 36.4 Å². The van der Waals surface area contributed by atoms with E-state index < -0.39 is 129 Å². The van der Waals surface area contributed by atoms with Gasteiger partial charge in [-0.25, -0.2) is 37.4 Å². The van der Waals surface area contributed by atoms with Crippen LogP contribution in [0.25, 0.3) is 11.1 Å². The smallest absolute Gasteiger partial charge is 0.490 e. The van der Waals surface area contributed by atoms with Gasteiger partial charge in [-0.1, -0.05) is 11.2 Å². The minimum Gasteiger partial charge on any atom is -0.724 e. The molecule has 6 rings (SSSR count). The van der Waals surface area contributed by atoms with Gasteiger partial charge in [-0.3, -0.25) is 14.9 Å². The Balaban J connectivity index is 1.33. The Kier molecular flexibility index (Phi) is 19.3. The third-order valence-corrected chi connectivity index (χ3v) is 13.6. The first kappa shape index (κ1) is 66.8. The van der Waals surface area contributed by atoms with Crippen molar-refractivity contribution in [2.45, 2.75) is 188 Å². The Morgan fingerprint density at radius 2 is 1.49 bits per heavy atom. The molecule has 3 aromatic rings. The topological polar surface area (TPSA) is 327 Å². The normalized spacial score (nSPS) is 18.7. The fourth-order valence-corrected chi connectivity index (χ4v) is 9.76. The summed E-state index contributed by atoms with van der Waals surface area (Å²) in [5.74, 6) is -5.63. The number of aromatic nitrogens is 3. The average Bonchev–Trinajstić information content (AvgIpc) is 1.30. The van der Waals surface area contributed by atoms with Gasteiger partial charge in [-0.2, -0.15) is 27.2 Å². The first-order chi connectivity index (χ1) is 38.8. The van der Waals surface area contributed by atoms with Crippen molar-refractivity contribution in [1.82, 2.24) is 30.3 Å². The highest BCUT2D eigenvalue weighted by atomic mass is 32.3. The van der Waals surface area contributed by atoms with E-state index in [0.717, 1.165) is 11.3 Å². The van der Waals surface area contributed by atoms with Crippen LogP contribution in [-0.2, 0) is 81.9 Å². The Morgan fingerprint density at radius 1 is 0.882 bits per heavy atom. The summed E-state index contributed by atoms with van der Waals surface area (Å²) in [5.41, 5.74) is -6.71. The summed E-state index contributed by atoms with van der Waals surface area (Å²) in [4.78, 5) is 104. The van der Waals surface area contributed by atoms with E-state index in [2.05, 4.69) is 30.4 Å². The highest BCUT2D eigenvalue weighted by molar-refractivity contribution is 7.80. The van der Waals surface area contributed by atoms with Crippen molar-refractivity contribution < 1.29 is 102 Å². The number of rotatable bonds is 18. The molecule has 32 heteroatoms. The quantitative estimate of drug-likeness (QED) is 0.0197. The molecule has 0 radical (unpaired) electrons. The van der Waals surface area contributed by atoms with Gasteiger partial charge in [-0.15, -0.1) is 16.0 Å². The molecule has 3 N–H and O–H groups in total. The molecule has 2 aromatic heterocycles. The molecule has 0 unspecified atom stereocenters. The lowest BCUT2D eigenvalue weighted by atomic mass is 9.84. The Bertz CT molecular complexity index is 3190. The highest BCUT2D eigenvalue weighted by Gasteiger charge is 2.58. The van der Waals surface area contributed by atoms with Crippen molar-refractivity contribution in [3.8, 4) is 16.9 Å². The summed E-state index contributed by atoms with van der Waals surface area (Å²) in [7, 11) is -5.41. The number of hydroxylamine groups is 2. The molecule has 85 heavy (non-hydrogen) atoms. The number of hydrogen-bond acceptors (Lipinski definition) is 21. The number of hydrogen-bond donors (Lipinski definition) is 3. The molecular formula is C53H72F3N9O18S2. The molecule has 27 nitrogen and oxygen atoms in total. The lowest BCUT2D eigenvalue weighted by Gasteiger charge is -2.51. The summed E-state index contributed by atoms with van der Waals surface area (Å²) in [6, 6.07) is 3.55.